The maximum absolute atomic E-state index is 10.3. The lowest BCUT2D eigenvalue weighted by Crippen LogP contribution is -2.21. The van der Waals surface area contributed by atoms with E-state index in [1.54, 1.807) is 7.11 Å². The molecule has 0 spiro atoms. The minimum Gasteiger partial charge on any atom is -0.493 e. The van der Waals surface area contributed by atoms with Crippen LogP contribution >= 0.6 is 0 Å². The van der Waals surface area contributed by atoms with Gasteiger partial charge in [-0.25, -0.2) is 0 Å². The van der Waals surface area contributed by atoms with Crippen LogP contribution in [0.4, 0.5) is 0 Å². The second-order valence-corrected chi connectivity index (χ2v) is 6.15. The molecule has 0 saturated carbocycles. The van der Waals surface area contributed by atoms with Gasteiger partial charge in [0.2, 0.25) is 0 Å². The van der Waals surface area contributed by atoms with Gasteiger partial charge < -0.3 is 19.9 Å². The number of nitriles is 1. The molecular weight excluding hydrogens is 328 g/mol. The molecule has 0 amide bonds. The van der Waals surface area contributed by atoms with Gasteiger partial charge in [0.25, 0.3) is 0 Å². The fourth-order valence-corrected chi connectivity index (χ4v) is 2.54. The molecule has 1 unspecified atom stereocenters. The fraction of sp³-hybridized carbons (Fsp3) is 0.381. The zero-order chi connectivity index (χ0) is 18.8. The van der Waals surface area contributed by atoms with Gasteiger partial charge in [0.05, 0.1) is 25.9 Å². The van der Waals surface area contributed by atoms with Gasteiger partial charge in [-0.15, -0.1) is 0 Å². The van der Waals surface area contributed by atoms with Gasteiger partial charge in [0, 0.05) is 19.5 Å². The highest BCUT2D eigenvalue weighted by atomic mass is 16.5. The van der Waals surface area contributed by atoms with E-state index >= 15 is 0 Å². The second kappa shape index (κ2) is 10.4. The lowest BCUT2D eigenvalue weighted by molar-refractivity contribution is 0.174. The molecule has 0 aliphatic heterocycles. The van der Waals surface area contributed by atoms with Crippen LogP contribution in [0, 0.1) is 18.3 Å². The van der Waals surface area contributed by atoms with E-state index in [0.29, 0.717) is 44.0 Å². The van der Waals surface area contributed by atoms with Crippen LogP contribution in [0.5, 0.6) is 11.5 Å². The first-order valence-corrected chi connectivity index (χ1v) is 8.76. The Kier molecular flexibility index (Phi) is 7.94. The van der Waals surface area contributed by atoms with Gasteiger partial charge in [-0.05, 0) is 36.6 Å². The summed E-state index contributed by atoms with van der Waals surface area (Å²) in [5.41, 5.74) is 3.12. The summed E-state index contributed by atoms with van der Waals surface area (Å²) in [5, 5.41) is 22.1. The number of benzene rings is 2. The first-order chi connectivity index (χ1) is 12.6. The van der Waals surface area contributed by atoms with Crippen LogP contribution in [0.1, 0.15) is 35.6 Å². The summed E-state index contributed by atoms with van der Waals surface area (Å²) in [5.74, 6) is 1.34. The van der Waals surface area contributed by atoms with E-state index in [0.717, 1.165) is 11.1 Å². The summed E-state index contributed by atoms with van der Waals surface area (Å²) in [6.07, 6.45) is 0.612. The SMILES string of the molecule is COc1ccc(CNCC(O)c2ccc(C)cc2)cc1OCCCC#N. The third-order valence-electron chi connectivity index (χ3n) is 4.05. The molecule has 5 nitrogen and oxygen atoms in total. The van der Waals surface area contributed by atoms with Crippen molar-refractivity contribution < 1.29 is 14.6 Å². The highest BCUT2D eigenvalue weighted by Crippen LogP contribution is 2.28. The van der Waals surface area contributed by atoms with Gasteiger partial charge in [0.15, 0.2) is 11.5 Å². The van der Waals surface area contributed by atoms with Crippen molar-refractivity contribution in [3.05, 3.63) is 59.2 Å². The number of nitrogens with zero attached hydrogens (tertiary/aromatic N) is 1. The van der Waals surface area contributed by atoms with E-state index in [1.807, 2.05) is 49.4 Å². The van der Waals surface area contributed by atoms with Crippen LogP contribution in [-0.2, 0) is 6.54 Å². The minimum atomic E-state index is -0.546. The Bertz CT molecular complexity index is 723. The van der Waals surface area contributed by atoms with Gasteiger partial charge in [0.1, 0.15) is 0 Å². The molecule has 5 heteroatoms. The van der Waals surface area contributed by atoms with Crippen molar-refractivity contribution >= 4 is 0 Å². The Morgan fingerprint density at radius 3 is 2.62 bits per heavy atom. The molecule has 2 aromatic carbocycles. The number of aliphatic hydroxyl groups excluding tert-OH is 1. The van der Waals surface area contributed by atoms with Crippen molar-refractivity contribution in [3.63, 3.8) is 0 Å². The molecular formula is C21H26N2O3. The zero-order valence-electron chi connectivity index (χ0n) is 15.4. The highest BCUT2D eigenvalue weighted by Gasteiger charge is 2.09. The predicted molar refractivity (Wildman–Crippen MR) is 101 cm³/mol. The van der Waals surface area contributed by atoms with Crippen LogP contribution < -0.4 is 14.8 Å². The topological polar surface area (TPSA) is 74.5 Å². The molecule has 0 saturated heterocycles. The van der Waals surface area contributed by atoms with Crippen molar-refractivity contribution in [2.75, 3.05) is 20.3 Å². The Hall–Kier alpha value is -2.55. The monoisotopic (exact) mass is 354 g/mol. The number of aryl methyl sites for hydroxylation is 1. The first kappa shape index (κ1) is 19.8. The molecule has 2 rings (SSSR count). The molecule has 0 radical (unpaired) electrons. The number of rotatable bonds is 10. The molecule has 26 heavy (non-hydrogen) atoms. The number of hydrogen-bond donors (Lipinski definition) is 2. The second-order valence-electron chi connectivity index (χ2n) is 6.15. The molecule has 0 heterocycles. The van der Waals surface area contributed by atoms with E-state index in [9.17, 15) is 5.11 Å². The normalized spacial score (nSPS) is 11.6. The minimum absolute atomic E-state index is 0.466. The molecule has 1 atom stereocenters. The molecule has 2 aromatic rings. The van der Waals surface area contributed by atoms with Crippen molar-refractivity contribution in [3.8, 4) is 17.6 Å². The molecule has 0 bridgehead atoms. The molecule has 0 fully saturated rings. The average molecular weight is 354 g/mol. The predicted octanol–water partition coefficient (Wildman–Crippen LogP) is 3.51. The summed E-state index contributed by atoms with van der Waals surface area (Å²) in [7, 11) is 1.60. The fourth-order valence-electron chi connectivity index (χ4n) is 2.54. The summed E-state index contributed by atoms with van der Waals surface area (Å²) in [6.45, 7) is 3.58. The molecule has 0 aliphatic rings. The molecule has 0 aliphatic carbocycles. The van der Waals surface area contributed by atoms with Gasteiger partial charge >= 0.3 is 0 Å². The average Bonchev–Trinajstić information content (AvgIpc) is 2.66. The summed E-state index contributed by atoms with van der Waals surface area (Å²) < 4.78 is 11.0. The van der Waals surface area contributed by atoms with Gasteiger partial charge in [-0.3, -0.25) is 0 Å². The number of nitrogens with one attached hydrogen (secondary N) is 1. The Morgan fingerprint density at radius 2 is 1.92 bits per heavy atom. The molecule has 2 N–H and O–H groups in total. The molecule has 0 aromatic heterocycles. The zero-order valence-corrected chi connectivity index (χ0v) is 15.4. The first-order valence-electron chi connectivity index (χ1n) is 8.76. The number of unbranched alkanes of at least 4 members (excludes halogenated alkanes) is 1. The Morgan fingerprint density at radius 1 is 1.15 bits per heavy atom. The van der Waals surface area contributed by atoms with Crippen LogP contribution in [0.15, 0.2) is 42.5 Å². The van der Waals surface area contributed by atoms with Crippen molar-refractivity contribution in [2.45, 2.75) is 32.4 Å². The number of aliphatic hydroxyl groups is 1. The molecule has 138 valence electrons. The van der Waals surface area contributed by atoms with Crippen molar-refractivity contribution in [1.29, 1.82) is 5.26 Å². The van der Waals surface area contributed by atoms with Crippen LogP contribution in [-0.4, -0.2) is 25.4 Å². The van der Waals surface area contributed by atoms with E-state index in [-0.39, 0.29) is 0 Å². The smallest absolute Gasteiger partial charge is 0.161 e. The third kappa shape index (κ3) is 6.07. The standard InChI is InChI=1S/C21H26N2O3/c1-16-5-8-18(9-6-16)19(24)15-23-14-17-7-10-20(25-2)21(13-17)26-12-4-3-11-22/h5-10,13,19,23-24H,3-4,12,14-15H2,1-2H3. The Labute approximate surface area is 155 Å². The van der Waals surface area contributed by atoms with Crippen LogP contribution in [0.3, 0.4) is 0 Å². The Balaban J connectivity index is 1.88. The number of methoxy groups -OCH3 is 1. The lowest BCUT2D eigenvalue weighted by atomic mass is 10.1. The largest absolute Gasteiger partial charge is 0.493 e. The number of hydrogen-bond acceptors (Lipinski definition) is 5. The summed E-state index contributed by atoms with van der Waals surface area (Å²) in [4.78, 5) is 0. The quantitative estimate of drug-likeness (QED) is 0.639. The van der Waals surface area contributed by atoms with Crippen LogP contribution in [0.25, 0.3) is 0 Å². The van der Waals surface area contributed by atoms with E-state index in [4.69, 9.17) is 14.7 Å². The van der Waals surface area contributed by atoms with Crippen molar-refractivity contribution in [1.82, 2.24) is 5.32 Å². The van der Waals surface area contributed by atoms with Gasteiger partial charge in [-0.2, -0.15) is 5.26 Å². The summed E-state index contributed by atoms with van der Waals surface area (Å²) >= 11 is 0. The van der Waals surface area contributed by atoms with E-state index < -0.39 is 6.10 Å². The van der Waals surface area contributed by atoms with Gasteiger partial charge in [-0.1, -0.05) is 35.9 Å². The third-order valence-corrected chi connectivity index (χ3v) is 4.05. The van der Waals surface area contributed by atoms with Crippen molar-refractivity contribution in [2.24, 2.45) is 0 Å². The lowest BCUT2D eigenvalue weighted by Gasteiger charge is -2.14. The maximum Gasteiger partial charge on any atom is 0.161 e. The summed E-state index contributed by atoms with van der Waals surface area (Å²) in [6, 6.07) is 15.8. The maximum atomic E-state index is 10.3. The van der Waals surface area contributed by atoms with E-state index in [2.05, 4.69) is 11.4 Å². The van der Waals surface area contributed by atoms with Crippen LogP contribution in [0.2, 0.25) is 0 Å². The number of ether oxygens (including phenoxy) is 2. The van der Waals surface area contributed by atoms with E-state index in [1.165, 1.54) is 5.56 Å². The highest BCUT2D eigenvalue weighted by molar-refractivity contribution is 5.43.